The molecule has 0 saturated carbocycles. The molecule has 2 aromatic rings. The van der Waals surface area contributed by atoms with Gasteiger partial charge in [-0.15, -0.1) is 0 Å². The summed E-state index contributed by atoms with van der Waals surface area (Å²) in [5.74, 6) is 0.358. The maximum Gasteiger partial charge on any atom is 0.225 e. The molecule has 5 heteroatoms. The molecule has 1 heterocycles. The molecule has 0 amide bonds. The molecule has 0 aliphatic rings. The number of nitrogens with zero attached hydrogens (tertiary/aromatic N) is 3. The van der Waals surface area contributed by atoms with E-state index in [1.54, 1.807) is 25.3 Å². The van der Waals surface area contributed by atoms with Crippen molar-refractivity contribution in [3.05, 3.63) is 41.8 Å². The molecule has 0 saturated heterocycles. The number of rotatable bonds is 4. The van der Waals surface area contributed by atoms with Crippen molar-refractivity contribution in [2.75, 3.05) is 25.0 Å². The lowest BCUT2D eigenvalue weighted by atomic mass is 10.1. The number of halogens is 1. The van der Waals surface area contributed by atoms with Crippen LogP contribution in [0.3, 0.4) is 0 Å². The molecule has 19 heavy (non-hydrogen) atoms. The van der Waals surface area contributed by atoms with Gasteiger partial charge in [-0.2, -0.15) is 0 Å². The molecule has 2 N–H and O–H groups in total. The average Bonchev–Trinajstić information content (AvgIpc) is 2.42. The SMILES string of the molecule is Cc1ccc(-c2ccnc(N(C)CCN)n2)cc1F. The monoisotopic (exact) mass is 260 g/mol. The van der Waals surface area contributed by atoms with Crippen LogP contribution in [0.4, 0.5) is 10.3 Å². The summed E-state index contributed by atoms with van der Waals surface area (Å²) in [7, 11) is 1.88. The highest BCUT2D eigenvalue weighted by atomic mass is 19.1. The summed E-state index contributed by atoms with van der Waals surface area (Å²) in [4.78, 5) is 10.5. The molecule has 0 radical (unpaired) electrons. The molecule has 0 aliphatic carbocycles. The summed E-state index contributed by atoms with van der Waals surface area (Å²) in [6.07, 6.45) is 1.67. The topological polar surface area (TPSA) is 55.0 Å². The lowest BCUT2D eigenvalue weighted by molar-refractivity contribution is 0.619. The Kier molecular flexibility index (Phi) is 4.06. The summed E-state index contributed by atoms with van der Waals surface area (Å²) >= 11 is 0. The average molecular weight is 260 g/mol. The number of aromatic nitrogens is 2. The van der Waals surface area contributed by atoms with Gasteiger partial charge < -0.3 is 10.6 Å². The van der Waals surface area contributed by atoms with Crippen molar-refractivity contribution in [2.45, 2.75) is 6.92 Å². The Morgan fingerprint density at radius 1 is 1.32 bits per heavy atom. The van der Waals surface area contributed by atoms with Gasteiger partial charge in [-0.3, -0.25) is 0 Å². The molecule has 0 spiro atoms. The molecule has 0 unspecified atom stereocenters. The van der Waals surface area contributed by atoms with Crippen LogP contribution in [0.1, 0.15) is 5.56 Å². The zero-order valence-electron chi connectivity index (χ0n) is 11.1. The van der Waals surface area contributed by atoms with E-state index in [0.717, 1.165) is 5.56 Å². The Hall–Kier alpha value is -2.01. The van der Waals surface area contributed by atoms with Gasteiger partial charge in [0.2, 0.25) is 5.95 Å². The van der Waals surface area contributed by atoms with Gasteiger partial charge in [0.25, 0.3) is 0 Å². The summed E-state index contributed by atoms with van der Waals surface area (Å²) < 4.78 is 13.6. The Balaban J connectivity index is 2.34. The highest BCUT2D eigenvalue weighted by Gasteiger charge is 2.07. The second kappa shape index (κ2) is 5.75. The van der Waals surface area contributed by atoms with Crippen LogP contribution >= 0.6 is 0 Å². The summed E-state index contributed by atoms with van der Waals surface area (Å²) in [6, 6.07) is 6.86. The van der Waals surface area contributed by atoms with Crippen molar-refractivity contribution in [3.8, 4) is 11.3 Å². The van der Waals surface area contributed by atoms with E-state index in [-0.39, 0.29) is 5.82 Å². The van der Waals surface area contributed by atoms with Crippen LogP contribution in [-0.4, -0.2) is 30.1 Å². The second-order valence-corrected chi connectivity index (χ2v) is 4.42. The third-order valence-electron chi connectivity index (χ3n) is 2.92. The van der Waals surface area contributed by atoms with E-state index in [1.165, 1.54) is 6.07 Å². The van der Waals surface area contributed by atoms with Gasteiger partial charge in [0.05, 0.1) is 5.69 Å². The van der Waals surface area contributed by atoms with Crippen molar-refractivity contribution < 1.29 is 4.39 Å². The minimum atomic E-state index is -0.229. The number of likely N-dealkylation sites (N-methyl/N-ethyl adjacent to an activating group) is 1. The number of benzene rings is 1. The third kappa shape index (κ3) is 3.06. The van der Waals surface area contributed by atoms with Gasteiger partial charge in [0, 0.05) is 31.9 Å². The first kappa shape index (κ1) is 13.4. The third-order valence-corrected chi connectivity index (χ3v) is 2.92. The zero-order chi connectivity index (χ0) is 13.8. The molecule has 4 nitrogen and oxygen atoms in total. The summed E-state index contributed by atoms with van der Waals surface area (Å²) in [5, 5.41) is 0. The van der Waals surface area contributed by atoms with E-state index in [1.807, 2.05) is 18.0 Å². The largest absolute Gasteiger partial charge is 0.343 e. The number of anilines is 1. The van der Waals surface area contributed by atoms with Crippen molar-refractivity contribution in [3.63, 3.8) is 0 Å². The number of nitrogens with two attached hydrogens (primary N) is 1. The Morgan fingerprint density at radius 2 is 2.11 bits per heavy atom. The van der Waals surface area contributed by atoms with Crippen molar-refractivity contribution in [2.24, 2.45) is 5.73 Å². The van der Waals surface area contributed by atoms with E-state index in [4.69, 9.17) is 5.73 Å². The quantitative estimate of drug-likeness (QED) is 0.913. The number of hydrogen-bond acceptors (Lipinski definition) is 4. The summed E-state index contributed by atoms with van der Waals surface area (Å²) in [6.45, 7) is 2.94. The van der Waals surface area contributed by atoms with Gasteiger partial charge in [0.15, 0.2) is 0 Å². The van der Waals surface area contributed by atoms with Crippen molar-refractivity contribution in [1.29, 1.82) is 0 Å². The lowest BCUT2D eigenvalue weighted by Crippen LogP contribution is -2.26. The van der Waals surface area contributed by atoms with Crippen molar-refractivity contribution >= 4 is 5.95 Å². The lowest BCUT2D eigenvalue weighted by Gasteiger charge is -2.16. The Bertz CT molecular complexity index is 571. The molecule has 0 aliphatic heterocycles. The van der Waals surface area contributed by atoms with Crippen LogP contribution in [0.5, 0.6) is 0 Å². The molecule has 1 aromatic carbocycles. The van der Waals surface area contributed by atoms with Crippen LogP contribution in [-0.2, 0) is 0 Å². The Labute approximate surface area is 112 Å². The first-order valence-electron chi connectivity index (χ1n) is 6.12. The van der Waals surface area contributed by atoms with Gasteiger partial charge in [-0.25, -0.2) is 14.4 Å². The predicted molar refractivity (Wildman–Crippen MR) is 74.5 cm³/mol. The van der Waals surface area contributed by atoms with Crippen LogP contribution < -0.4 is 10.6 Å². The molecule has 0 fully saturated rings. The maximum atomic E-state index is 13.6. The van der Waals surface area contributed by atoms with Gasteiger partial charge in [-0.1, -0.05) is 12.1 Å². The normalized spacial score (nSPS) is 10.5. The fourth-order valence-corrected chi connectivity index (χ4v) is 1.74. The molecule has 100 valence electrons. The maximum absolute atomic E-state index is 13.6. The van der Waals surface area contributed by atoms with Crippen LogP contribution in [0.15, 0.2) is 30.5 Å². The smallest absolute Gasteiger partial charge is 0.225 e. The molecule has 0 atom stereocenters. The standard InChI is InChI=1S/C14H17FN4/c1-10-3-4-11(9-12(10)15)13-5-7-17-14(18-13)19(2)8-6-16/h3-5,7,9H,6,8,16H2,1-2H3. The molecular weight excluding hydrogens is 243 g/mol. The van der Waals surface area contributed by atoms with E-state index < -0.39 is 0 Å². The highest BCUT2D eigenvalue weighted by molar-refractivity contribution is 5.60. The summed E-state index contributed by atoms with van der Waals surface area (Å²) in [5.41, 5.74) is 7.57. The van der Waals surface area contributed by atoms with Crippen LogP contribution in [0.25, 0.3) is 11.3 Å². The minimum Gasteiger partial charge on any atom is -0.343 e. The highest BCUT2D eigenvalue weighted by Crippen LogP contribution is 2.21. The van der Waals surface area contributed by atoms with E-state index in [9.17, 15) is 4.39 Å². The predicted octanol–water partition coefficient (Wildman–Crippen LogP) is 1.99. The van der Waals surface area contributed by atoms with Gasteiger partial charge in [-0.05, 0) is 24.6 Å². The first-order valence-corrected chi connectivity index (χ1v) is 6.12. The molecular formula is C14H17FN4. The number of aryl methyl sites for hydroxylation is 1. The zero-order valence-corrected chi connectivity index (χ0v) is 11.1. The van der Waals surface area contributed by atoms with E-state index in [2.05, 4.69) is 9.97 Å². The molecule has 2 rings (SSSR count). The van der Waals surface area contributed by atoms with Gasteiger partial charge in [0.1, 0.15) is 5.82 Å². The van der Waals surface area contributed by atoms with E-state index >= 15 is 0 Å². The number of hydrogen-bond donors (Lipinski definition) is 1. The van der Waals surface area contributed by atoms with Crippen molar-refractivity contribution in [1.82, 2.24) is 9.97 Å². The van der Waals surface area contributed by atoms with Gasteiger partial charge >= 0.3 is 0 Å². The minimum absolute atomic E-state index is 0.229. The first-order chi connectivity index (χ1) is 9.11. The molecule has 1 aromatic heterocycles. The van der Waals surface area contributed by atoms with Crippen LogP contribution in [0, 0.1) is 12.7 Å². The van der Waals surface area contributed by atoms with E-state index in [0.29, 0.717) is 30.3 Å². The fourth-order valence-electron chi connectivity index (χ4n) is 1.74. The second-order valence-electron chi connectivity index (χ2n) is 4.42. The van der Waals surface area contributed by atoms with Crippen LogP contribution in [0.2, 0.25) is 0 Å². The fraction of sp³-hybridized carbons (Fsp3) is 0.286. The Morgan fingerprint density at radius 3 is 2.79 bits per heavy atom. The molecule has 0 bridgehead atoms.